The number of hydrogen-bond donors (Lipinski definition) is 1. The molecule has 3 amide bonds. The molecule has 4 rings (SSSR count). The molecule has 3 unspecified atom stereocenters. The Labute approximate surface area is 262 Å². The Hall–Kier alpha value is -3.17. The van der Waals surface area contributed by atoms with Crippen LogP contribution in [-0.2, 0) is 19.1 Å². The van der Waals surface area contributed by atoms with Crippen LogP contribution in [0, 0.1) is 23.7 Å². The van der Waals surface area contributed by atoms with Crippen LogP contribution in [0.4, 0.5) is 5.69 Å². The highest BCUT2D eigenvalue weighted by molar-refractivity contribution is 6.03. The first kappa shape index (κ1) is 33.7. The molecule has 9 nitrogen and oxygen atoms in total. The molecule has 3 aliphatic rings. The molecule has 3 saturated heterocycles. The van der Waals surface area contributed by atoms with E-state index in [1.54, 1.807) is 26.9 Å². The fraction of sp³-hybridized carbons (Fsp3) is 0.629. The number of benzene rings is 1. The van der Waals surface area contributed by atoms with Gasteiger partial charge >= 0.3 is 0 Å². The van der Waals surface area contributed by atoms with E-state index < -0.39 is 35.1 Å². The van der Waals surface area contributed by atoms with Crippen molar-refractivity contribution >= 4 is 23.4 Å². The number of aliphatic hydroxyl groups excluding tert-OH is 1. The molecular formula is C35H51N3O6. The van der Waals surface area contributed by atoms with Gasteiger partial charge < -0.3 is 29.3 Å². The van der Waals surface area contributed by atoms with E-state index in [1.807, 2.05) is 58.9 Å². The van der Waals surface area contributed by atoms with Crippen molar-refractivity contribution in [2.75, 3.05) is 37.7 Å². The van der Waals surface area contributed by atoms with Gasteiger partial charge in [0.2, 0.25) is 17.7 Å². The first-order chi connectivity index (χ1) is 21.0. The molecule has 44 heavy (non-hydrogen) atoms. The molecule has 0 saturated carbocycles. The summed E-state index contributed by atoms with van der Waals surface area (Å²) in [6.45, 7) is 20.9. The lowest BCUT2D eigenvalue weighted by Gasteiger charge is -2.40. The molecule has 3 fully saturated rings. The van der Waals surface area contributed by atoms with Crippen LogP contribution in [0.3, 0.4) is 0 Å². The summed E-state index contributed by atoms with van der Waals surface area (Å²) in [4.78, 5) is 49.0. The van der Waals surface area contributed by atoms with Crippen molar-refractivity contribution in [1.29, 1.82) is 0 Å². The largest absolute Gasteiger partial charge is 0.494 e. The van der Waals surface area contributed by atoms with Gasteiger partial charge in [-0.25, -0.2) is 0 Å². The Bertz CT molecular complexity index is 1230. The van der Waals surface area contributed by atoms with Crippen molar-refractivity contribution in [2.24, 2.45) is 23.7 Å². The van der Waals surface area contributed by atoms with Crippen LogP contribution in [0.1, 0.15) is 60.8 Å². The minimum absolute atomic E-state index is 0.100. The topological polar surface area (TPSA) is 99.6 Å². The number of rotatable bonds is 15. The van der Waals surface area contributed by atoms with Gasteiger partial charge in [-0.2, -0.15) is 0 Å². The summed E-state index contributed by atoms with van der Waals surface area (Å²) < 4.78 is 12.6. The van der Waals surface area contributed by atoms with Crippen LogP contribution in [0.25, 0.3) is 0 Å². The third kappa shape index (κ3) is 5.47. The number of carbonyl (C=O) groups is 3. The standard InChI is InChI=1S/C35H51N3O6/c1-9-13-20-36(18-10-2)33(42)30-35-21-24(7)34(8,44-35)28(29(35)32(41)38(30)27(22-39)23(5)6)31(40)37(19-11-3)25-14-16-26(17-15-25)43-12-4/h10-11,14-17,23-24,27-30,39H,2-3,9,12-13,18-22H2,1,4-8H3/t24?,27-,28-,29-,30?,34+,35?/m0/s1. The summed E-state index contributed by atoms with van der Waals surface area (Å²) in [7, 11) is 0. The Morgan fingerprint density at radius 1 is 1.16 bits per heavy atom. The van der Waals surface area contributed by atoms with Crippen molar-refractivity contribution in [2.45, 2.75) is 84.1 Å². The van der Waals surface area contributed by atoms with Crippen LogP contribution in [-0.4, -0.2) is 88.8 Å². The van der Waals surface area contributed by atoms with Gasteiger partial charge in [0, 0.05) is 25.3 Å². The maximum absolute atomic E-state index is 14.7. The molecule has 1 spiro atoms. The van der Waals surface area contributed by atoms with E-state index >= 15 is 0 Å². The zero-order chi connectivity index (χ0) is 32.4. The van der Waals surface area contributed by atoms with E-state index in [-0.39, 0.29) is 42.7 Å². The zero-order valence-electron chi connectivity index (χ0n) is 27.3. The van der Waals surface area contributed by atoms with E-state index in [0.717, 1.165) is 12.8 Å². The highest BCUT2D eigenvalue weighted by Crippen LogP contribution is 2.66. The molecule has 0 aromatic heterocycles. The summed E-state index contributed by atoms with van der Waals surface area (Å²) in [5.41, 5.74) is -1.50. The number of nitrogens with zero attached hydrogens (tertiary/aromatic N) is 3. The van der Waals surface area contributed by atoms with Gasteiger partial charge in [-0.15, -0.1) is 13.2 Å². The molecule has 1 aromatic carbocycles. The minimum atomic E-state index is -1.20. The number of hydrogen-bond acceptors (Lipinski definition) is 6. The van der Waals surface area contributed by atoms with Crippen molar-refractivity contribution in [3.05, 3.63) is 49.6 Å². The maximum atomic E-state index is 14.7. The van der Waals surface area contributed by atoms with Gasteiger partial charge in [0.15, 0.2) is 0 Å². The number of likely N-dealkylation sites (tertiary alicyclic amines) is 1. The number of unbranched alkanes of at least 4 members (excludes halogenated alkanes) is 1. The summed E-state index contributed by atoms with van der Waals surface area (Å²) in [5.74, 6) is -1.99. The summed E-state index contributed by atoms with van der Waals surface area (Å²) >= 11 is 0. The molecule has 3 heterocycles. The van der Waals surface area contributed by atoms with Crippen LogP contribution in [0.2, 0.25) is 0 Å². The van der Waals surface area contributed by atoms with Crippen LogP contribution in [0.15, 0.2) is 49.6 Å². The van der Waals surface area contributed by atoms with Crippen LogP contribution in [0.5, 0.6) is 5.75 Å². The molecule has 9 heteroatoms. The number of ether oxygens (including phenoxy) is 2. The third-order valence-electron chi connectivity index (χ3n) is 10.0. The SMILES string of the molecule is C=CCN(CCCC)C(=O)C1N([C@@H](CO)C(C)C)C(=O)[C@@H]2[C@@H](C(=O)N(CC=C)c3ccc(OCC)cc3)[C@]3(C)OC12CC3C. The number of amides is 3. The average Bonchev–Trinajstić information content (AvgIpc) is 3.51. The van der Waals surface area contributed by atoms with E-state index in [4.69, 9.17) is 9.47 Å². The monoisotopic (exact) mass is 609 g/mol. The molecule has 3 aliphatic heterocycles. The van der Waals surface area contributed by atoms with Gasteiger partial charge in [-0.3, -0.25) is 14.4 Å². The first-order valence-electron chi connectivity index (χ1n) is 16.1. The molecule has 7 atom stereocenters. The summed E-state index contributed by atoms with van der Waals surface area (Å²) in [6.07, 6.45) is 5.54. The quantitative estimate of drug-likeness (QED) is 0.295. The number of carbonyl (C=O) groups excluding carboxylic acids is 3. The van der Waals surface area contributed by atoms with E-state index in [1.165, 1.54) is 0 Å². The highest BCUT2D eigenvalue weighted by Gasteiger charge is 2.80. The maximum Gasteiger partial charge on any atom is 0.248 e. The van der Waals surface area contributed by atoms with Crippen molar-refractivity contribution in [3.8, 4) is 5.75 Å². The molecule has 0 aliphatic carbocycles. The second-order valence-corrected chi connectivity index (χ2v) is 13.0. The first-order valence-corrected chi connectivity index (χ1v) is 16.1. The molecule has 242 valence electrons. The molecule has 1 N–H and O–H groups in total. The molecular weight excluding hydrogens is 558 g/mol. The van der Waals surface area contributed by atoms with E-state index in [2.05, 4.69) is 20.1 Å². The van der Waals surface area contributed by atoms with Crippen LogP contribution >= 0.6 is 0 Å². The Balaban J connectivity index is 1.84. The average molecular weight is 610 g/mol. The second kappa shape index (κ2) is 13.4. The van der Waals surface area contributed by atoms with E-state index in [9.17, 15) is 19.5 Å². The van der Waals surface area contributed by atoms with Gasteiger partial charge in [-0.1, -0.05) is 46.3 Å². The number of aliphatic hydroxyl groups is 1. The number of fused-ring (bicyclic) bond motifs is 1. The Morgan fingerprint density at radius 2 is 1.82 bits per heavy atom. The lowest BCUT2D eigenvalue weighted by Crippen LogP contribution is -2.60. The van der Waals surface area contributed by atoms with Gasteiger partial charge in [0.05, 0.1) is 36.7 Å². The second-order valence-electron chi connectivity index (χ2n) is 13.0. The van der Waals surface area contributed by atoms with Crippen LogP contribution < -0.4 is 9.64 Å². The molecule has 0 radical (unpaired) electrons. The van der Waals surface area contributed by atoms with Gasteiger partial charge in [0.25, 0.3) is 0 Å². The normalized spacial score (nSPS) is 29.5. The lowest BCUT2D eigenvalue weighted by molar-refractivity contribution is -0.156. The lowest BCUT2D eigenvalue weighted by atomic mass is 9.62. The van der Waals surface area contributed by atoms with Gasteiger partial charge in [0.1, 0.15) is 17.4 Å². The smallest absolute Gasteiger partial charge is 0.248 e. The minimum Gasteiger partial charge on any atom is -0.494 e. The van der Waals surface area contributed by atoms with Crippen molar-refractivity contribution in [1.82, 2.24) is 9.80 Å². The zero-order valence-corrected chi connectivity index (χ0v) is 27.3. The Kier molecular flexibility index (Phi) is 10.3. The number of anilines is 1. The summed E-state index contributed by atoms with van der Waals surface area (Å²) in [5, 5.41) is 10.6. The molecule has 1 aromatic rings. The molecule has 2 bridgehead atoms. The predicted molar refractivity (Wildman–Crippen MR) is 171 cm³/mol. The van der Waals surface area contributed by atoms with Crippen molar-refractivity contribution < 1.29 is 29.0 Å². The van der Waals surface area contributed by atoms with E-state index in [0.29, 0.717) is 37.6 Å². The third-order valence-corrected chi connectivity index (χ3v) is 10.0. The highest BCUT2D eigenvalue weighted by atomic mass is 16.5. The fourth-order valence-electron chi connectivity index (χ4n) is 7.79. The van der Waals surface area contributed by atoms with Gasteiger partial charge in [-0.05, 0) is 62.8 Å². The predicted octanol–water partition coefficient (Wildman–Crippen LogP) is 4.45. The summed E-state index contributed by atoms with van der Waals surface area (Å²) in [6, 6.07) is 5.74. The van der Waals surface area contributed by atoms with Crippen molar-refractivity contribution in [3.63, 3.8) is 0 Å². The fourth-order valence-corrected chi connectivity index (χ4v) is 7.79. The Morgan fingerprint density at radius 3 is 2.36 bits per heavy atom.